The standard InChI is InChI=1S/C13H21NO4/c1-12(2)6(5-7(12)15)14-10(16)8-9(11(17)18)13(8,3)4/h6-9,15H,5H2,1-4H3,(H,14,16)(H,17,18). The Morgan fingerprint density at radius 2 is 1.67 bits per heavy atom. The summed E-state index contributed by atoms with van der Waals surface area (Å²) in [6.07, 6.45) is 0.147. The summed E-state index contributed by atoms with van der Waals surface area (Å²) < 4.78 is 0. The van der Waals surface area contributed by atoms with Crippen molar-refractivity contribution >= 4 is 11.9 Å². The van der Waals surface area contributed by atoms with E-state index in [0.717, 1.165) is 0 Å². The van der Waals surface area contributed by atoms with E-state index in [1.807, 2.05) is 13.8 Å². The zero-order valence-electron chi connectivity index (χ0n) is 11.2. The summed E-state index contributed by atoms with van der Waals surface area (Å²) in [6, 6.07) is -0.0640. The van der Waals surface area contributed by atoms with Crippen LogP contribution < -0.4 is 5.32 Å². The molecule has 1 amide bonds. The highest BCUT2D eigenvalue weighted by atomic mass is 16.4. The number of aliphatic carboxylic acids is 1. The Bertz CT molecular complexity index is 402. The predicted octanol–water partition coefficient (Wildman–Crippen LogP) is 0.619. The fraction of sp³-hybridized carbons (Fsp3) is 0.846. The number of aliphatic hydroxyl groups is 1. The van der Waals surface area contributed by atoms with E-state index in [1.165, 1.54) is 0 Å². The average molecular weight is 255 g/mol. The number of hydrogen-bond donors (Lipinski definition) is 3. The van der Waals surface area contributed by atoms with Crippen LogP contribution >= 0.6 is 0 Å². The van der Waals surface area contributed by atoms with E-state index in [0.29, 0.717) is 6.42 Å². The van der Waals surface area contributed by atoms with Gasteiger partial charge in [0.25, 0.3) is 0 Å². The van der Waals surface area contributed by atoms with E-state index < -0.39 is 29.3 Å². The molecule has 3 N–H and O–H groups in total. The van der Waals surface area contributed by atoms with Crippen molar-refractivity contribution in [3.8, 4) is 0 Å². The van der Waals surface area contributed by atoms with Crippen LogP contribution in [0.2, 0.25) is 0 Å². The fourth-order valence-corrected chi connectivity index (χ4v) is 3.00. The normalized spacial score (nSPS) is 39.6. The zero-order chi connectivity index (χ0) is 13.9. The summed E-state index contributed by atoms with van der Waals surface area (Å²) in [5.41, 5.74) is -0.796. The maximum absolute atomic E-state index is 12.1. The molecule has 0 aromatic rings. The molecule has 0 spiro atoms. The molecule has 5 nitrogen and oxygen atoms in total. The Morgan fingerprint density at radius 3 is 2.00 bits per heavy atom. The third kappa shape index (κ3) is 1.72. The highest BCUT2D eigenvalue weighted by Gasteiger charge is 2.66. The van der Waals surface area contributed by atoms with Gasteiger partial charge in [-0.15, -0.1) is 0 Å². The van der Waals surface area contributed by atoms with E-state index in [4.69, 9.17) is 5.11 Å². The Kier molecular flexibility index (Phi) is 2.74. The molecule has 2 rings (SSSR count). The second-order valence-electron chi connectivity index (χ2n) is 6.75. The van der Waals surface area contributed by atoms with Crippen molar-refractivity contribution in [2.75, 3.05) is 0 Å². The first-order valence-electron chi connectivity index (χ1n) is 6.31. The Labute approximate surface area is 107 Å². The van der Waals surface area contributed by atoms with Crippen LogP contribution in [0.1, 0.15) is 34.1 Å². The van der Waals surface area contributed by atoms with Crippen molar-refractivity contribution in [2.24, 2.45) is 22.7 Å². The maximum atomic E-state index is 12.1. The second-order valence-corrected chi connectivity index (χ2v) is 6.75. The molecule has 4 atom stereocenters. The van der Waals surface area contributed by atoms with Gasteiger partial charge in [0, 0.05) is 11.5 Å². The molecule has 5 heteroatoms. The van der Waals surface area contributed by atoms with Crippen molar-refractivity contribution in [2.45, 2.75) is 46.3 Å². The number of aliphatic hydroxyl groups excluding tert-OH is 1. The van der Waals surface area contributed by atoms with Gasteiger partial charge in [-0.2, -0.15) is 0 Å². The highest BCUT2D eigenvalue weighted by Crippen LogP contribution is 2.58. The zero-order valence-corrected chi connectivity index (χ0v) is 11.2. The minimum absolute atomic E-state index is 0.0640. The Balaban J connectivity index is 1.97. The third-order valence-corrected chi connectivity index (χ3v) is 4.91. The number of rotatable bonds is 3. The molecule has 2 fully saturated rings. The first-order valence-corrected chi connectivity index (χ1v) is 6.31. The van der Waals surface area contributed by atoms with Crippen molar-refractivity contribution in [3.63, 3.8) is 0 Å². The molecule has 102 valence electrons. The van der Waals surface area contributed by atoms with Gasteiger partial charge in [-0.25, -0.2) is 0 Å². The molecule has 0 saturated heterocycles. The molecular formula is C13H21NO4. The first kappa shape index (κ1) is 13.3. The van der Waals surface area contributed by atoms with Crippen LogP contribution in [0.25, 0.3) is 0 Å². The van der Waals surface area contributed by atoms with Crippen LogP contribution in [0.4, 0.5) is 0 Å². The third-order valence-electron chi connectivity index (χ3n) is 4.91. The maximum Gasteiger partial charge on any atom is 0.307 e. The van der Waals surface area contributed by atoms with E-state index in [1.54, 1.807) is 13.8 Å². The number of amides is 1. The molecule has 4 unspecified atom stereocenters. The summed E-state index contributed by atoms with van der Waals surface area (Å²) in [7, 11) is 0. The molecular weight excluding hydrogens is 234 g/mol. The lowest BCUT2D eigenvalue weighted by molar-refractivity contribution is -0.141. The van der Waals surface area contributed by atoms with Crippen LogP contribution in [0.3, 0.4) is 0 Å². The number of hydrogen-bond acceptors (Lipinski definition) is 3. The van der Waals surface area contributed by atoms with Crippen molar-refractivity contribution < 1.29 is 19.8 Å². The molecule has 0 radical (unpaired) electrons. The lowest BCUT2D eigenvalue weighted by Crippen LogP contribution is -2.61. The van der Waals surface area contributed by atoms with E-state index in [2.05, 4.69) is 5.32 Å². The van der Waals surface area contributed by atoms with Crippen LogP contribution in [0.15, 0.2) is 0 Å². The average Bonchev–Trinajstić information content (AvgIpc) is 2.81. The molecule has 0 heterocycles. The summed E-state index contributed by atoms with van der Waals surface area (Å²) in [5, 5.41) is 21.5. The summed E-state index contributed by atoms with van der Waals surface area (Å²) in [6.45, 7) is 7.41. The fourth-order valence-electron chi connectivity index (χ4n) is 3.00. The van der Waals surface area contributed by atoms with Gasteiger partial charge in [-0.05, 0) is 11.8 Å². The lowest BCUT2D eigenvalue weighted by atomic mass is 9.64. The predicted molar refractivity (Wildman–Crippen MR) is 64.7 cm³/mol. The van der Waals surface area contributed by atoms with Crippen molar-refractivity contribution in [1.82, 2.24) is 5.32 Å². The van der Waals surface area contributed by atoms with Crippen LogP contribution in [0, 0.1) is 22.7 Å². The number of carboxylic acids is 1. The highest BCUT2D eigenvalue weighted by molar-refractivity contribution is 5.91. The molecule has 0 aromatic heterocycles. The van der Waals surface area contributed by atoms with E-state index >= 15 is 0 Å². The van der Waals surface area contributed by atoms with Gasteiger partial charge in [0.15, 0.2) is 0 Å². The number of carbonyl (C=O) groups is 2. The van der Waals surface area contributed by atoms with Gasteiger partial charge in [-0.3, -0.25) is 9.59 Å². The lowest BCUT2D eigenvalue weighted by Gasteiger charge is -2.49. The number of nitrogens with one attached hydrogen (secondary N) is 1. The second kappa shape index (κ2) is 3.70. The van der Waals surface area contributed by atoms with Gasteiger partial charge < -0.3 is 15.5 Å². The largest absolute Gasteiger partial charge is 0.481 e. The topological polar surface area (TPSA) is 86.6 Å². The molecule has 0 aliphatic heterocycles. The summed E-state index contributed by atoms with van der Waals surface area (Å²) >= 11 is 0. The van der Waals surface area contributed by atoms with E-state index in [9.17, 15) is 14.7 Å². The van der Waals surface area contributed by atoms with Gasteiger partial charge in [0.1, 0.15) is 0 Å². The Hall–Kier alpha value is -1.10. The van der Waals surface area contributed by atoms with Crippen LogP contribution in [0.5, 0.6) is 0 Å². The van der Waals surface area contributed by atoms with Crippen molar-refractivity contribution in [3.05, 3.63) is 0 Å². The van der Waals surface area contributed by atoms with Crippen LogP contribution in [-0.4, -0.2) is 34.2 Å². The smallest absolute Gasteiger partial charge is 0.307 e. The minimum Gasteiger partial charge on any atom is -0.481 e. The molecule has 0 bridgehead atoms. The SMILES string of the molecule is CC1(C)C(O)CC1NC(=O)C1C(C(=O)O)C1(C)C. The summed E-state index contributed by atoms with van der Waals surface area (Å²) in [4.78, 5) is 23.1. The molecule has 0 aromatic carbocycles. The summed E-state index contributed by atoms with van der Waals surface area (Å²) in [5.74, 6) is -2.15. The molecule has 2 aliphatic carbocycles. The number of carbonyl (C=O) groups excluding carboxylic acids is 1. The van der Waals surface area contributed by atoms with Gasteiger partial charge in [-0.1, -0.05) is 27.7 Å². The quantitative estimate of drug-likeness (QED) is 0.690. The van der Waals surface area contributed by atoms with Gasteiger partial charge in [0.2, 0.25) is 5.91 Å². The van der Waals surface area contributed by atoms with Gasteiger partial charge in [0.05, 0.1) is 17.9 Å². The Morgan fingerprint density at radius 1 is 1.11 bits per heavy atom. The molecule has 18 heavy (non-hydrogen) atoms. The molecule has 2 aliphatic rings. The van der Waals surface area contributed by atoms with Crippen molar-refractivity contribution in [1.29, 1.82) is 0 Å². The number of carboxylic acid groups (broad SMARTS) is 1. The van der Waals surface area contributed by atoms with E-state index in [-0.39, 0.29) is 17.4 Å². The first-order chi connectivity index (χ1) is 8.10. The minimum atomic E-state index is -0.909. The van der Waals surface area contributed by atoms with Gasteiger partial charge >= 0.3 is 5.97 Å². The monoisotopic (exact) mass is 255 g/mol. The van der Waals surface area contributed by atoms with Crippen LogP contribution in [-0.2, 0) is 9.59 Å². The molecule has 2 saturated carbocycles.